The Morgan fingerprint density at radius 2 is 1.88 bits per heavy atom. The third-order valence-corrected chi connectivity index (χ3v) is 4.09. The summed E-state index contributed by atoms with van der Waals surface area (Å²) in [6.07, 6.45) is 0.124. The predicted octanol–water partition coefficient (Wildman–Crippen LogP) is 2.32. The van der Waals surface area contributed by atoms with Gasteiger partial charge in [0.25, 0.3) is 0 Å². The number of carbonyl (C=O) groups excluding carboxylic acids is 2. The van der Waals surface area contributed by atoms with Crippen molar-refractivity contribution in [1.29, 1.82) is 0 Å². The molecule has 3 aromatic rings. The minimum Gasteiger partial charge on any atom is -0.392 e. The number of nitrogens with two attached hydrogens (primary N) is 1. The molecule has 0 radical (unpaired) electrons. The highest BCUT2D eigenvalue weighted by molar-refractivity contribution is 5.98. The SMILES string of the molecule is Cc1cc(CO)c2cccc(CC(=O)Nc3cccc(C(N)=O)c3)c2n1. The molecule has 4 N–H and O–H groups in total. The summed E-state index contributed by atoms with van der Waals surface area (Å²) in [5.74, 6) is -0.778. The maximum absolute atomic E-state index is 12.4. The van der Waals surface area contributed by atoms with Crippen LogP contribution in [0.5, 0.6) is 0 Å². The number of aliphatic hydroxyl groups excluding tert-OH is 1. The predicted molar refractivity (Wildman–Crippen MR) is 99.7 cm³/mol. The standard InChI is InChI=1S/C20H19N3O3/c1-12-8-15(11-24)17-7-3-4-13(19(17)22-12)10-18(25)23-16-6-2-5-14(9-16)20(21)26/h2-9,24H,10-11H2,1H3,(H2,21,26)(H,23,25). The van der Waals surface area contributed by atoms with Gasteiger partial charge in [0.1, 0.15) is 0 Å². The fourth-order valence-corrected chi connectivity index (χ4v) is 2.92. The molecule has 3 rings (SSSR count). The van der Waals surface area contributed by atoms with E-state index >= 15 is 0 Å². The number of pyridine rings is 1. The van der Waals surface area contributed by atoms with Crippen molar-refractivity contribution in [2.24, 2.45) is 5.73 Å². The number of hydrogen-bond donors (Lipinski definition) is 3. The van der Waals surface area contributed by atoms with Crippen LogP contribution in [0.25, 0.3) is 10.9 Å². The lowest BCUT2D eigenvalue weighted by Crippen LogP contribution is -2.16. The lowest BCUT2D eigenvalue weighted by atomic mass is 10.0. The maximum Gasteiger partial charge on any atom is 0.248 e. The average Bonchev–Trinajstić information content (AvgIpc) is 2.61. The normalized spacial score (nSPS) is 10.7. The summed E-state index contributed by atoms with van der Waals surface area (Å²) in [7, 11) is 0. The topological polar surface area (TPSA) is 105 Å². The number of benzene rings is 2. The molecule has 0 fully saturated rings. The molecule has 6 nitrogen and oxygen atoms in total. The zero-order valence-electron chi connectivity index (χ0n) is 14.3. The van der Waals surface area contributed by atoms with Crippen LogP contribution in [0.1, 0.15) is 27.2 Å². The van der Waals surface area contributed by atoms with Crippen LogP contribution in [0, 0.1) is 6.92 Å². The molecule has 6 heteroatoms. The zero-order chi connectivity index (χ0) is 18.7. The van der Waals surface area contributed by atoms with Crippen LogP contribution in [0.15, 0.2) is 48.5 Å². The second kappa shape index (κ2) is 7.33. The van der Waals surface area contributed by atoms with Crippen LogP contribution in [-0.2, 0) is 17.8 Å². The minimum absolute atomic E-state index is 0.0879. The molecule has 0 saturated carbocycles. The van der Waals surface area contributed by atoms with Crippen molar-refractivity contribution in [3.63, 3.8) is 0 Å². The van der Waals surface area contributed by atoms with Gasteiger partial charge in [-0.1, -0.05) is 24.3 Å². The second-order valence-corrected chi connectivity index (χ2v) is 6.06. The molecule has 0 unspecified atom stereocenters. The first-order valence-electron chi connectivity index (χ1n) is 8.16. The number of aryl methyl sites for hydroxylation is 1. The minimum atomic E-state index is -0.550. The van der Waals surface area contributed by atoms with E-state index in [1.165, 1.54) is 6.07 Å². The van der Waals surface area contributed by atoms with E-state index in [1.54, 1.807) is 18.2 Å². The van der Waals surface area contributed by atoms with Crippen LogP contribution in [0.2, 0.25) is 0 Å². The Labute approximate surface area is 150 Å². The first-order chi connectivity index (χ1) is 12.5. The molecule has 1 aromatic heterocycles. The zero-order valence-corrected chi connectivity index (χ0v) is 14.3. The maximum atomic E-state index is 12.4. The van der Waals surface area contributed by atoms with E-state index in [-0.39, 0.29) is 18.9 Å². The van der Waals surface area contributed by atoms with E-state index in [0.717, 1.165) is 22.2 Å². The Morgan fingerprint density at radius 3 is 2.62 bits per heavy atom. The molecule has 0 aliphatic heterocycles. The fourth-order valence-electron chi connectivity index (χ4n) is 2.92. The van der Waals surface area contributed by atoms with Gasteiger partial charge < -0.3 is 16.2 Å². The molecule has 1 heterocycles. The van der Waals surface area contributed by atoms with E-state index < -0.39 is 5.91 Å². The molecule has 2 amide bonds. The number of nitrogens with zero attached hydrogens (tertiary/aromatic N) is 1. The first-order valence-corrected chi connectivity index (χ1v) is 8.16. The number of hydrogen-bond acceptors (Lipinski definition) is 4. The highest BCUT2D eigenvalue weighted by atomic mass is 16.3. The molecule has 0 bridgehead atoms. The van der Waals surface area contributed by atoms with Crippen molar-refractivity contribution in [3.8, 4) is 0 Å². The quantitative estimate of drug-likeness (QED) is 0.657. The summed E-state index contributed by atoms with van der Waals surface area (Å²) in [6, 6.07) is 13.9. The molecule has 2 aromatic carbocycles. The number of anilines is 1. The van der Waals surface area contributed by atoms with E-state index in [1.807, 2.05) is 31.2 Å². The van der Waals surface area contributed by atoms with E-state index in [2.05, 4.69) is 10.3 Å². The molecule has 26 heavy (non-hydrogen) atoms. The molecular weight excluding hydrogens is 330 g/mol. The summed E-state index contributed by atoms with van der Waals surface area (Å²) >= 11 is 0. The number of fused-ring (bicyclic) bond motifs is 1. The Balaban J connectivity index is 1.87. The van der Waals surface area contributed by atoms with Gasteiger partial charge in [-0.2, -0.15) is 0 Å². The number of rotatable bonds is 5. The molecule has 0 aliphatic carbocycles. The number of amides is 2. The van der Waals surface area contributed by atoms with Gasteiger partial charge in [-0.15, -0.1) is 0 Å². The largest absolute Gasteiger partial charge is 0.392 e. The van der Waals surface area contributed by atoms with Crippen LogP contribution < -0.4 is 11.1 Å². The third-order valence-electron chi connectivity index (χ3n) is 4.09. The summed E-state index contributed by atoms with van der Waals surface area (Å²) < 4.78 is 0. The first kappa shape index (κ1) is 17.6. The molecule has 0 atom stereocenters. The van der Waals surface area contributed by atoms with E-state index in [0.29, 0.717) is 16.8 Å². The Kier molecular flexibility index (Phi) is 4.95. The van der Waals surface area contributed by atoms with Gasteiger partial charge in [-0.05, 0) is 42.3 Å². The van der Waals surface area contributed by atoms with Crippen molar-refractivity contribution in [1.82, 2.24) is 4.98 Å². The number of aromatic nitrogens is 1. The van der Waals surface area contributed by atoms with E-state index in [4.69, 9.17) is 5.73 Å². The van der Waals surface area contributed by atoms with Crippen LogP contribution >= 0.6 is 0 Å². The number of aliphatic hydroxyl groups is 1. The van der Waals surface area contributed by atoms with E-state index in [9.17, 15) is 14.7 Å². The fraction of sp³-hybridized carbons (Fsp3) is 0.150. The number of nitrogens with one attached hydrogen (secondary N) is 1. The van der Waals surface area contributed by atoms with Crippen LogP contribution in [-0.4, -0.2) is 21.9 Å². The van der Waals surface area contributed by atoms with Gasteiger partial charge >= 0.3 is 0 Å². The molecule has 132 valence electrons. The summed E-state index contributed by atoms with van der Waals surface area (Å²) in [6.45, 7) is 1.76. The molecule has 0 saturated heterocycles. The number of primary amides is 1. The van der Waals surface area contributed by atoms with Gasteiger partial charge in [0.15, 0.2) is 0 Å². The summed E-state index contributed by atoms with van der Waals surface area (Å²) in [5.41, 5.74) is 9.13. The lowest BCUT2D eigenvalue weighted by Gasteiger charge is -2.11. The van der Waals surface area contributed by atoms with Crippen molar-refractivity contribution >= 4 is 28.4 Å². The Hall–Kier alpha value is -3.25. The monoisotopic (exact) mass is 349 g/mol. The van der Waals surface area contributed by atoms with Gasteiger partial charge in [0.05, 0.1) is 18.5 Å². The average molecular weight is 349 g/mol. The van der Waals surface area contributed by atoms with Crippen molar-refractivity contribution in [2.75, 3.05) is 5.32 Å². The lowest BCUT2D eigenvalue weighted by molar-refractivity contribution is -0.115. The van der Waals surface area contributed by atoms with Crippen molar-refractivity contribution < 1.29 is 14.7 Å². The molecular formula is C20H19N3O3. The smallest absolute Gasteiger partial charge is 0.248 e. The second-order valence-electron chi connectivity index (χ2n) is 6.06. The summed E-state index contributed by atoms with van der Waals surface area (Å²) in [4.78, 5) is 28.2. The molecule has 0 aliphatic rings. The van der Waals surface area contributed by atoms with Gasteiger partial charge in [0, 0.05) is 22.3 Å². The van der Waals surface area contributed by atoms with Gasteiger partial charge in [-0.25, -0.2) is 0 Å². The van der Waals surface area contributed by atoms with Crippen LogP contribution in [0.3, 0.4) is 0 Å². The van der Waals surface area contributed by atoms with Gasteiger partial charge in [0.2, 0.25) is 11.8 Å². The van der Waals surface area contributed by atoms with Crippen LogP contribution in [0.4, 0.5) is 5.69 Å². The van der Waals surface area contributed by atoms with Gasteiger partial charge in [-0.3, -0.25) is 14.6 Å². The number of para-hydroxylation sites is 1. The Morgan fingerprint density at radius 1 is 1.12 bits per heavy atom. The number of carbonyl (C=O) groups is 2. The third kappa shape index (κ3) is 3.70. The summed E-state index contributed by atoms with van der Waals surface area (Å²) in [5, 5.41) is 13.2. The van der Waals surface area contributed by atoms with Crippen molar-refractivity contribution in [2.45, 2.75) is 20.0 Å². The highest BCUT2D eigenvalue weighted by Crippen LogP contribution is 2.23. The Bertz CT molecular complexity index is 999. The van der Waals surface area contributed by atoms with Crippen molar-refractivity contribution in [3.05, 3.63) is 70.9 Å². The molecule has 0 spiro atoms. The highest BCUT2D eigenvalue weighted by Gasteiger charge is 2.12.